The summed E-state index contributed by atoms with van der Waals surface area (Å²) in [6, 6.07) is 5.81. The third-order valence-corrected chi connectivity index (χ3v) is 4.50. The predicted molar refractivity (Wildman–Crippen MR) is 100 cm³/mol. The second-order valence-electron chi connectivity index (χ2n) is 6.60. The molecule has 4 heterocycles. The molecule has 0 unspecified atom stereocenters. The van der Waals surface area contributed by atoms with Gasteiger partial charge in [0.15, 0.2) is 17.5 Å². The summed E-state index contributed by atoms with van der Waals surface area (Å²) in [7, 11) is 0. The van der Waals surface area contributed by atoms with Crippen LogP contribution in [0.2, 0.25) is 0 Å². The van der Waals surface area contributed by atoms with Gasteiger partial charge in [-0.1, -0.05) is 0 Å². The molecule has 0 saturated heterocycles. The number of anilines is 2. The molecule has 3 N–H and O–H groups in total. The lowest BCUT2D eigenvalue weighted by atomic mass is 10.3. The zero-order chi connectivity index (χ0) is 18.9. The fraction of sp³-hybridized carbons (Fsp3) is 0.222. The molecular formula is C18H17N9O. The van der Waals surface area contributed by atoms with Gasteiger partial charge >= 0.3 is 0 Å². The molecule has 0 radical (unpaired) electrons. The first-order valence-electron chi connectivity index (χ1n) is 8.97. The number of nitrogens with one attached hydrogen (secondary N) is 3. The van der Waals surface area contributed by atoms with E-state index in [0.717, 1.165) is 11.2 Å². The monoisotopic (exact) mass is 375 g/mol. The summed E-state index contributed by atoms with van der Waals surface area (Å²) < 4.78 is 1.72. The molecule has 0 aromatic carbocycles. The van der Waals surface area contributed by atoms with Crippen LogP contribution in [-0.4, -0.2) is 40.7 Å². The molecule has 0 spiro atoms. The summed E-state index contributed by atoms with van der Waals surface area (Å²) in [5.74, 6) is 2.05. The highest BCUT2D eigenvalue weighted by atomic mass is 16.1. The highest BCUT2D eigenvalue weighted by Gasteiger charge is 2.25. The van der Waals surface area contributed by atoms with Crippen molar-refractivity contribution >= 4 is 23.1 Å². The van der Waals surface area contributed by atoms with Gasteiger partial charge in [0, 0.05) is 36.3 Å². The number of carbonyl (C=O) groups excluding carboxylic acids is 1. The molecule has 0 aliphatic heterocycles. The van der Waals surface area contributed by atoms with Crippen LogP contribution >= 0.6 is 0 Å². The largest absolute Gasteiger partial charge is 0.343 e. The number of hydrogen-bond acceptors (Lipinski definition) is 7. The maximum atomic E-state index is 12.2. The van der Waals surface area contributed by atoms with Crippen LogP contribution in [0, 0.1) is 0 Å². The smallest absolute Gasteiger partial charge is 0.271 e. The number of H-pyrrole nitrogens is 1. The molecule has 10 heteroatoms. The Kier molecular flexibility index (Phi) is 3.93. The van der Waals surface area contributed by atoms with E-state index in [-0.39, 0.29) is 18.1 Å². The zero-order valence-corrected chi connectivity index (χ0v) is 14.8. The average Bonchev–Trinajstić information content (AvgIpc) is 3.28. The van der Waals surface area contributed by atoms with E-state index in [1.807, 2.05) is 24.4 Å². The lowest BCUT2D eigenvalue weighted by Gasteiger charge is -2.08. The highest BCUT2D eigenvalue weighted by molar-refractivity contribution is 5.91. The first-order chi connectivity index (χ1) is 13.8. The Bertz CT molecular complexity index is 1130. The first kappa shape index (κ1) is 16.4. The molecule has 1 fully saturated rings. The van der Waals surface area contributed by atoms with Crippen molar-refractivity contribution in [2.24, 2.45) is 0 Å². The molecular weight excluding hydrogens is 358 g/mol. The van der Waals surface area contributed by atoms with E-state index < -0.39 is 0 Å². The molecule has 28 heavy (non-hydrogen) atoms. The molecule has 0 bridgehead atoms. The molecule has 10 nitrogen and oxygen atoms in total. The van der Waals surface area contributed by atoms with Gasteiger partial charge in [0.25, 0.3) is 5.91 Å². The van der Waals surface area contributed by atoms with E-state index >= 15 is 0 Å². The van der Waals surface area contributed by atoms with E-state index in [4.69, 9.17) is 0 Å². The molecule has 1 amide bonds. The minimum absolute atomic E-state index is 0.159. The Labute approximate surface area is 159 Å². The SMILES string of the molecule is O=C(NCc1nc(Nc2cc(C3CC3)[nH]n2)c2cccn2n1)c1cnccn1. The lowest BCUT2D eigenvalue weighted by molar-refractivity contribution is 0.0944. The Morgan fingerprint density at radius 2 is 2.25 bits per heavy atom. The van der Waals surface area contributed by atoms with Crippen LogP contribution in [0.15, 0.2) is 43.0 Å². The second-order valence-corrected chi connectivity index (χ2v) is 6.60. The zero-order valence-electron chi connectivity index (χ0n) is 14.8. The lowest BCUT2D eigenvalue weighted by Crippen LogP contribution is -2.25. The quantitative estimate of drug-likeness (QED) is 0.469. The predicted octanol–water partition coefficient (Wildman–Crippen LogP) is 1.79. The molecule has 5 rings (SSSR count). The standard InChI is InChI=1S/C18H17N9O/c28-18(13-9-19-5-6-20-13)21-10-16-23-17(14-2-1-7-27(14)26-16)22-15-8-12(24-25-15)11-3-4-11/h1-2,5-9,11H,3-4,10H2,(H,21,28)(H2,22,23,24,25,26). The van der Waals surface area contributed by atoms with Crippen molar-refractivity contribution in [2.45, 2.75) is 25.3 Å². The number of fused-ring (bicyclic) bond motifs is 1. The first-order valence-corrected chi connectivity index (χ1v) is 8.97. The number of rotatable bonds is 6. The Hall–Kier alpha value is -3.82. The maximum absolute atomic E-state index is 12.2. The molecule has 1 saturated carbocycles. The molecule has 1 aliphatic rings. The normalized spacial score (nSPS) is 13.6. The Morgan fingerprint density at radius 3 is 3.07 bits per heavy atom. The van der Waals surface area contributed by atoms with Crippen molar-refractivity contribution in [3.05, 3.63) is 60.2 Å². The second kappa shape index (κ2) is 6.72. The fourth-order valence-electron chi connectivity index (χ4n) is 2.94. The highest BCUT2D eigenvalue weighted by Crippen LogP contribution is 2.39. The van der Waals surface area contributed by atoms with Crippen LogP contribution in [-0.2, 0) is 6.54 Å². The molecule has 140 valence electrons. The van der Waals surface area contributed by atoms with E-state index in [9.17, 15) is 4.79 Å². The Morgan fingerprint density at radius 1 is 1.32 bits per heavy atom. The summed E-state index contributed by atoms with van der Waals surface area (Å²) in [5.41, 5.74) is 2.20. The fourth-order valence-corrected chi connectivity index (χ4v) is 2.94. The van der Waals surface area contributed by atoms with Crippen LogP contribution in [0.5, 0.6) is 0 Å². The van der Waals surface area contributed by atoms with Gasteiger partial charge in [-0.2, -0.15) is 10.2 Å². The third kappa shape index (κ3) is 3.27. The number of hydrogen-bond donors (Lipinski definition) is 3. The molecule has 4 aromatic heterocycles. The topological polar surface area (TPSA) is 126 Å². The summed E-state index contributed by atoms with van der Waals surface area (Å²) in [6.45, 7) is 0.159. The number of carbonyl (C=O) groups is 1. The summed E-state index contributed by atoms with van der Waals surface area (Å²) in [4.78, 5) is 24.6. The number of aromatic nitrogens is 7. The molecule has 1 aliphatic carbocycles. The van der Waals surface area contributed by atoms with Crippen molar-refractivity contribution in [1.29, 1.82) is 0 Å². The van der Waals surface area contributed by atoms with Crippen molar-refractivity contribution < 1.29 is 4.79 Å². The molecule has 0 atom stereocenters. The third-order valence-electron chi connectivity index (χ3n) is 4.50. The van der Waals surface area contributed by atoms with Gasteiger partial charge in [-0.15, -0.1) is 0 Å². The summed E-state index contributed by atoms with van der Waals surface area (Å²) in [6.07, 6.45) is 8.63. The van der Waals surface area contributed by atoms with Crippen molar-refractivity contribution in [3.8, 4) is 0 Å². The molecule has 4 aromatic rings. The maximum Gasteiger partial charge on any atom is 0.271 e. The van der Waals surface area contributed by atoms with Crippen molar-refractivity contribution in [3.63, 3.8) is 0 Å². The van der Waals surface area contributed by atoms with E-state index in [1.54, 1.807) is 4.52 Å². The van der Waals surface area contributed by atoms with E-state index in [0.29, 0.717) is 23.4 Å². The summed E-state index contributed by atoms with van der Waals surface area (Å²) in [5, 5.41) is 17.8. The van der Waals surface area contributed by atoms with Crippen LogP contribution in [0.25, 0.3) is 5.52 Å². The van der Waals surface area contributed by atoms with Gasteiger partial charge in [0.05, 0.1) is 12.7 Å². The van der Waals surface area contributed by atoms with E-state index in [2.05, 4.69) is 40.9 Å². The van der Waals surface area contributed by atoms with Crippen molar-refractivity contribution in [2.75, 3.05) is 5.32 Å². The number of nitrogens with zero attached hydrogens (tertiary/aromatic N) is 6. The number of amides is 1. The minimum Gasteiger partial charge on any atom is -0.343 e. The minimum atomic E-state index is -0.333. The van der Waals surface area contributed by atoms with Gasteiger partial charge in [0.2, 0.25) is 0 Å². The van der Waals surface area contributed by atoms with Crippen LogP contribution in [0.3, 0.4) is 0 Å². The van der Waals surface area contributed by atoms with Gasteiger partial charge in [-0.05, 0) is 25.0 Å². The van der Waals surface area contributed by atoms with E-state index in [1.165, 1.54) is 31.4 Å². The van der Waals surface area contributed by atoms with Crippen LogP contribution < -0.4 is 10.6 Å². The summed E-state index contributed by atoms with van der Waals surface area (Å²) >= 11 is 0. The van der Waals surface area contributed by atoms with Gasteiger partial charge in [0.1, 0.15) is 11.2 Å². The van der Waals surface area contributed by atoms with Crippen LogP contribution in [0.1, 0.15) is 40.8 Å². The van der Waals surface area contributed by atoms with Crippen LogP contribution in [0.4, 0.5) is 11.6 Å². The van der Waals surface area contributed by atoms with Gasteiger partial charge in [-0.3, -0.25) is 14.9 Å². The number of aromatic amines is 1. The van der Waals surface area contributed by atoms with Gasteiger partial charge in [-0.25, -0.2) is 14.5 Å². The van der Waals surface area contributed by atoms with Gasteiger partial charge < -0.3 is 10.6 Å². The average molecular weight is 375 g/mol. The Balaban J connectivity index is 1.36. The van der Waals surface area contributed by atoms with Crippen molar-refractivity contribution in [1.82, 2.24) is 40.1 Å².